The summed E-state index contributed by atoms with van der Waals surface area (Å²) in [5.41, 5.74) is 1.87. The van der Waals surface area contributed by atoms with Crippen LogP contribution >= 0.6 is 11.3 Å². The van der Waals surface area contributed by atoms with Crippen LogP contribution in [0.4, 0.5) is 4.39 Å². The van der Waals surface area contributed by atoms with Crippen molar-refractivity contribution in [2.24, 2.45) is 0 Å². The third-order valence-electron chi connectivity index (χ3n) is 2.88. The summed E-state index contributed by atoms with van der Waals surface area (Å²) in [7, 11) is 0. The summed E-state index contributed by atoms with van der Waals surface area (Å²) in [5.74, 6) is -0.211. The van der Waals surface area contributed by atoms with E-state index in [2.05, 4.69) is 22.4 Å². The van der Waals surface area contributed by atoms with E-state index in [0.717, 1.165) is 47.1 Å². The van der Waals surface area contributed by atoms with E-state index in [4.69, 9.17) is 0 Å². The van der Waals surface area contributed by atoms with E-state index in [0.29, 0.717) is 0 Å². The van der Waals surface area contributed by atoms with Gasteiger partial charge in [0.05, 0.1) is 0 Å². The van der Waals surface area contributed by atoms with Crippen molar-refractivity contribution in [1.29, 1.82) is 0 Å². The predicted octanol–water partition coefficient (Wildman–Crippen LogP) is 3.19. The third-order valence-corrected chi connectivity index (χ3v) is 3.90. The smallest absolute Gasteiger partial charge is 0.148 e. The van der Waals surface area contributed by atoms with Gasteiger partial charge >= 0.3 is 0 Å². The minimum Gasteiger partial charge on any atom is -0.317 e. The summed E-state index contributed by atoms with van der Waals surface area (Å²) < 4.78 is 13.1. The molecule has 1 N–H and O–H groups in total. The maximum Gasteiger partial charge on any atom is 0.148 e. The van der Waals surface area contributed by atoms with Gasteiger partial charge in [-0.15, -0.1) is 10.2 Å². The molecule has 102 valence electrons. The van der Waals surface area contributed by atoms with Crippen LogP contribution in [-0.2, 0) is 6.42 Å². The van der Waals surface area contributed by atoms with Crippen LogP contribution in [0.1, 0.15) is 23.9 Å². The van der Waals surface area contributed by atoms with Crippen molar-refractivity contribution < 1.29 is 4.39 Å². The molecule has 5 heteroatoms. The van der Waals surface area contributed by atoms with Gasteiger partial charge in [0, 0.05) is 12.0 Å². The van der Waals surface area contributed by atoms with Gasteiger partial charge in [0.25, 0.3) is 0 Å². The normalized spacial score (nSPS) is 10.9. The Morgan fingerprint density at radius 2 is 2.16 bits per heavy atom. The summed E-state index contributed by atoms with van der Waals surface area (Å²) in [6.07, 6.45) is 2.00. The van der Waals surface area contributed by atoms with Crippen LogP contribution in [0.3, 0.4) is 0 Å². The molecule has 0 saturated heterocycles. The number of halogens is 1. The van der Waals surface area contributed by atoms with Crippen LogP contribution in [0.2, 0.25) is 0 Å². The number of rotatable bonds is 6. The zero-order valence-electron chi connectivity index (χ0n) is 11.2. The number of aromatic nitrogens is 2. The van der Waals surface area contributed by atoms with Gasteiger partial charge in [-0.05, 0) is 50.2 Å². The molecule has 0 fully saturated rings. The van der Waals surface area contributed by atoms with Crippen molar-refractivity contribution in [2.45, 2.75) is 26.7 Å². The fourth-order valence-corrected chi connectivity index (χ4v) is 2.84. The lowest BCUT2D eigenvalue weighted by Crippen LogP contribution is -2.14. The molecule has 0 aliphatic rings. The van der Waals surface area contributed by atoms with Crippen molar-refractivity contribution in [2.75, 3.05) is 13.1 Å². The standard InChI is InChI=1S/C14H18FN3S/c1-3-16-8-4-5-13-17-18-14(19-13)12-7-6-11(15)9-10(12)2/h6-7,9,16H,3-5,8H2,1-2H3. The van der Waals surface area contributed by atoms with Gasteiger partial charge in [-0.2, -0.15) is 0 Å². The first kappa shape index (κ1) is 14.1. The molecule has 1 heterocycles. The molecule has 1 aromatic carbocycles. The van der Waals surface area contributed by atoms with Gasteiger partial charge in [0.15, 0.2) is 0 Å². The fourth-order valence-electron chi connectivity index (χ4n) is 1.87. The average molecular weight is 279 g/mol. The van der Waals surface area contributed by atoms with Crippen molar-refractivity contribution in [1.82, 2.24) is 15.5 Å². The molecule has 2 aromatic rings. The molecule has 0 amide bonds. The highest BCUT2D eigenvalue weighted by molar-refractivity contribution is 7.14. The molecule has 0 atom stereocenters. The van der Waals surface area contributed by atoms with E-state index in [1.807, 2.05) is 6.92 Å². The molecule has 0 unspecified atom stereocenters. The lowest BCUT2D eigenvalue weighted by molar-refractivity contribution is 0.627. The van der Waals surface area contributed by atoms with E-state index in [1.54, 1.807) is 17.4 Å². The Morgan fingerprint density at radius 1 is 1.32 bits per heavy atom. The maximum absolute atomic E-state index is 13.1. The first-order valence-electron chi connectivity index (χ1n) is 6.50. The third kappa shape index (κ3) is 3.81. The lowest BCUT2D eigenvalue weighted by atomic mass is 10.1. The van der Waals surface area contributed by atoms with Crippen molar-refractivity contribution in [3.63, 3.8) is 0 Å². The highest BCUT2D eigenvalue weighted by Crippen LogP contribution is 2.27. The summed E-state index contributed by atoms with van der Waals surface area (Å²) in [6.45, 7) is 5.99. The summed E-state index contributed by atoms with van der Waals surface area (Å²) in [6, 6.07) is 4.77. The quantitative estimate of drug-likeness (QED) is 0.825. The summed E-state index contributed by atoms with van der Waals surface area (Å²) in [5, 5.41) is 13.6. The molecular formula is C14H18FN3S. The van der Waals surface area contributed by atoms with E-state index in [-0.39, 0.29) is 5.82 Å². The number of aryl methyl sites for hydroxylation is 2. The van der Waals surface area contributed by atoms with Crippen LogP contribution in [0.5, 0.6) is 0 Å². The van der Waals surface area contributed by atoms with Crippen LogP contribution < -0.4 is 5.32 Å². The first-order chi connectivity index (χ1) is 9.20. The van der Waals surface area contributed by atoms with Crippen LogP contribution in [0, 0.1) is 12.7 Å². The van der Waals surface area contributed by atoms with E-state index < -0.39 is 0 Å². The Kier molecular flexibility index (Phi) is 4.99. The molecular weight excluding hydrogens is 261 g/mol. The Balaban J connectivity index is 2.04. The number of nitrogens with zero attached hydrogens (tertiary/aromatic N) is 2. The Morgan fingerprint density at radius 3 is 2.89 bits per heavy atom. The number of nitrogens with one attached hydrogen (secondary N) is 1. The molecule has 0 aliphatic carbocycles. The highest BCUT2D eigenvalue weighted by Gasteiger charge is 2.09. The van der Waals surface area contributed by atoms with Crippen molar-refractivity contribution in [3.05, 3.63) is 34.6 Å². The van der Waals surface area contributed by atoms with Crippen LogP contribution in [-0.4, -0.2) is 23.3 Å². The largest absolute Gasteiger partial charge is 0.317 e. The zero-order chi connectivity index (χ0) is 13.7. The summed E-state index contributed by atoms with van der Waals surface area (Å²) >= 11 is 1.59. The van der Waals surface area contributed by atoms with Crippen molar-refractivity contribution in [3.8, 4) is 10.6 Å². The maximum atomic E-state index is 13.1. The zero-order valence-corrected chi connectivity index (χ0v) is 12.1. The van der Waals surface area contributed by atoms with E-state index in [9.17, 15) is 4.39 Å². The topological polar surface area (TPSA) is 37.8 Å². The van der Waals surface area contributed by atoms with E-state index >= 15 is 0 Å². The monoisotopic (exact) mass is 279 g/mol. The molecule has 2 rings (SSSR count). The number of hydrogen-bond acceptors (Lipinski definition) is 4. The molecule has 0 saturated carbocycles. The lowest BCUT2D eigenvalue weighted by Gasteiger charge is -2.00. The molecule has 0 aliphatic heterocycles. The molecule has 3 nitrogen and oxygen atoms in total. The second kappa shape index (κ2) is 6.73. The highest BCUT2D eigenvalue weighted by atomic mass is 32.1. The van der Waals surface area contributed by atoms with Crippen LogP contribution in [0.15, 0.2) is 18.2 Å². The predicted molar refractivity (Wildman–Crippen MR) is 76.9 cm³/mol. The Labute approximate surface area is 116 Å². The van der Waals surface area contributed by atoms with Gasteiger partial charge in [0.1, 0.15) is 15.8 Å². The Hall–Kier alpha value is -1.33. The fraction of sp³-hybridized carbons (Fsp3) is 0.429. The SMILES string of the molecule is CCNCCCc1nnc(-c2ccc(F)cc2C)s1. The minimum atomic E-state index is -0.211. The molecule has 1 aromatic heterocycles. The molecule has 0 spiro atoms. The van der Waals surface area contributed by atoms with Gasteiger partial charge < -0.3 is 5.32 Å². The van der Waals surface area contributed by atoms with Gasteiger partial charge in [-0.3, -0.25) is 0 Å². The molecule has 19 heavy (non-hydrogen) atoms. The number of hydrogen-bond donors (Lipinski definition) is 1. The number of benzene rings is 1. The molecule has 0 radical (unpaired) electrons. The second-order valence-electron chi connectivity index (χ2n) is 4.42. The van der Waals surface area contributed by atoms with Crippen LogP contribution in [0.25, 0.3) is 10.6 Å². The molecule has 0 bridgehead atoms. The van der Waals surface area contributed by atoms with Gasteiger partial charge in [-0.1, -0.05) is 18.3 Å². The second-order valence-corrected chi connectivity index (χ2v) is 5.48. The van der Waals surface area contributed by atoms with Gasteiger partial charge in [-0.25, -0.2) is 4.39 Å². The summed E-state index contributed by atoms with van der Waals surface area (Å²) in [4.78, 5) is 0. The average Bonchev–Trinajstić information content (AvgIpc) is 2.83. The first-order valence-corrected chi connectivity index (χ1v) is 7.32. The Bertz CT molecular complexity index is 539. The van der Waals surface area contributed by atoms with E-state index in [1.165, 1.54) is 12.1 Å². The van der Waals surface area contributed by atoms with Crippen molar-refractivity contribution >= 4 is 11.3 Å². The minimum absolute atomic E-state index is 0.211. The van der Waals surface area contributed by atoms with Gasteiger partial charge in [0.2, 0.25) is 0 Å².